The molecular formula is C19H25F3N2O. The second-order valence-corrected chi connectivity index (χ2v) is 7.14. The van der Waals surface area contributed by atoms with E-state index in [0.717, 1.165) is 19.3 Å². The molecule has 2 atom stereocenters. The Labute approximate surface area is 146 Å². The summed E-state index contributed by atoms with van der Waals surface area (Å²) in [5.41, 5.74) is 1.21. The number of fused-ring (bicyclic) bond motifs is 1. The van der Waals surface area contributed by atoms with Crippen LogP contribution in [0.5, 0.6) is 0 Å². The second-order valence-electron chi connectivity index (χ2n) is 7.14. The molecule has 2 aliphatic heterocycles. The smallest absolute Gasteiger partial charge is 0.339 e. The van der Waals surface area contributed by atoms with Crippen LogP contribution in [0.3, 0.4) is 0 Å². The monoisotopic (exact) mass is 354 g/mol. The van der Waals surface area contributed by atoms with Crippen LogP contribution in [0.1, 0.15) is 31.2 Å². The van der Waals surface area contributed by atoms with Gasteiger partial charge in [0.05, 0.1) is 6.42 Å². The maximum absolute atomic E-state index is 12.4. The number of halogens is 3. The summed E-state index contributed by atoms with van der Waals surface area (Å²) in [5.74, 6) is 0.497. The molecule has 2 heterocycles. The quantitative estimate of drug-likeness (QED) is 0.808. The van der Waals surface area contributed by atoms with E-state index in [1.807, 2.05) is 28.0 Å². The molecule has 3 nitrogen and oxygen atoms in total. The van der Waals surface area contributed by atoms with Crippen LogP contribution in [0.4, 0.5) is 13.2 Å². The van der Waals surface area contributed by atoms with Gasteiger partial charge >= 0.3 is 6.18 Å². The van der Waals surface area contributed by atoms with Crippen LogP contribution in [0, 0.1) is 5.92 Å². The maximum Gasteiger partial charge on any atom is 0.390 e. The normalized spacial score (nSPS) is 25.1. The second kappa shape index (κ2) is 7.77. The third-order valence-electron chi connectivity index (χ3n) is 5.42. The molecule has 0 radical (unpaired) electrons. The molecule has 2 fully saturated rings. The van der Waals surface area contributed by atoms with Crippen molar-refractivity contribution in [3.8, 4) is 0 Å². The molecular weight excluding hydrogens is 329 g/mol. The van der Waals surface area contributed by atoms with E-state index in [4.69, 9.17) is 0 Å². The minimum absolute atomic E-state index is 0.0741. The summed E-state index contributed by atoms with van der Waals surface area (Å²) in [7, 11) is 0. The Bertz CT molecular complexity index is 576. The first kappa shape index (κ1) is 18.2. The Morgan fingerprint density at radius 2 is 1.84 bits per heavy atom. The predicted molar refractivity (Wildman–Crippen MR) is 90.1 cm³/mol. The first-order valence-electron chi connectivity index (χ1n) is 9.05. The van der Waals surface area contributed by atoms with E-state index >= 15 is 0 Å². The molecule has 0 saturated carbocycles. The minimum Gasteiger partial charge on any atom is -0.339 e. The summed E-state index contributed by atoms with van der Waals surface area (Å²) in [4.78, 5) is 16.3. The molecule has 1 aromatic carbocycles. The highest BCUT2D eigenvalue weighted by Gasteiger charge is 2.39. The highest BCUT2D eigenvalue weighted by molar-refractivity contribution is 5.77. The Balaban J connectivity index is 1.56. The number of rotatable bonds is 5. The van der Waals surface area contributed by atoms with E-state index in [-0.39, 0.29) is 18.5 Å². The topological polar surface area (TPSA) is 23.6 Å². The van der Waals surface area contributed by atoms with Gasteiger partial charge in [0.1, 0.15) is 0 Å². The highest BCUT2D eigenvalue weighted by Crippen LogP contribution is 2.32. The van der Waals surface area contributed by atoms with Gasteiger partial charge in [-0.2, -0.15) is 13.2 Å². The van der Waals surface area contributed by atoms with Crippen molar-refractivity contribution < 1.29 is 18.0 Å². The van der Waals surface area contributed by atoms with Crippen LogP contribution in [0.2, 0.25) is 0 Å². The van der Waals surface area contributed by atoms with Crippen LogP contribution in [-0.4, -0.2) is 54.1 Å². The Morgan fingerprint density at radius 1 is 1.08 bits per heavy atom. The maximum atomic E-state index is 12.4. The van der Waals surface area contributed by atoms with Crippen molar-refractivity contribution >= 4 is 5.91 Å². The van der Waals surface area contributed by atoms with Crippen LogP contribution in [0.15, 0.2) is 30.3 Å². The summed E-state index contributed by atoms with van der Waals surface area (Å²) < 4.78 is 37.3. The van der Waals surface area contributed by atoms with Crippen molar-refractivity contribution in [3.63, 3.8) is 0 Å². The zero-order valence-electron chi connectivity index (χ0n) is 14.3. The number of nitrogens with zero attached hydrogens (tertiary/aromatic N) is 2. The van der Waals surface area contributed by atoms with Gasteiger partial charge < -0.3 is 9.80 Å². The van der Waals surface area contributed by atoms with Crippen molar-refractivity contribution in [2.75, 3.05) is 26.2 Å². The first-order chi connectivity index (χ1) is 11.9. The van der Waals surface area contributed by atoms with Gasteiger partial charge in [0.25, 0.3) is 0 Å². The van der Waals surface area contributed by atoms with Gasteiger partial charge in [-0.1, -0.05) is 30.3 Å². The number of hydrogen-bond donors (Lipinski definition) is 0. The predicted octanol–water partition coefficient (Wildman–Crippen LogP) is 3.49. The molecule has 0 aliphatic carbocycles. The zero-order valence-corrected chi connectivity index (χ0v) is 14.3. The fourth-order valence-corrected chi connectivity index (χ4v) is 4.10. The van der Waals surface area contributed by atoms with E-state index in [1.54, 1.807) is 0 Å². The van der Waals surface area contributed by atoms with Gasteiger partial charge in [-0.25, -0.2) is 0 Å². The highest BCUT2D eigenvalue weighted by atomic mass is 19.4. The Kier molecular flexibility index (Phi) is 5.67. The third-order valence-corrected chi connectivity index (χ3v) is 5.42. The van der Waals surface area contributed by atoms with Crippen molar-refractivity contribution in [1.29, 1.82) is 0 Å². The first-order valence-corrected chi connectivity index (χ1v) is 9.05. The summed E-state index contributed by atoms with van der Waals surface area (Å²) in [6.07, 6.45) is -1.92. The van der Waals surface area contributed by atoms with Crippen LogP contribution >= 0.6 is 0 Å². The number of carbonyl (C=O) groups excluding carboxylic acids is 1. The van der Waals surface area contributed by atoms with E-state index in [1.165, 1.54) is 5.56 Å². The Morgan fingerprint density at radius 3 is 2.56 bits per heavy atom. The number of carbonyl (C=O) groups is 1. The van der Waals surface area contributed by atoms with Gasteiger partial charge in [0.15, 0.2) is 0 Å². The number of benzene rings is 1. The molecule has 0 spiro atoms. The average molecular weight is 354 g/mol. The molecule has 3 rings (SSSR count). The van der Waals surface area contributed by atoms with E-state index in [0.29, 0.717) is 32.0 Å². The lowest BCUT2D eigenvalue weighted by Crippen LogP contribution is -2.56. The number of amides is 1. The van der Waals surface area contributed by atoms with E-state index in [9.17, 15) is 18.0 Å². The molecule has 6 heteroatoms. The third kappa shape index (κ3) is 4.97. The molecule has 25 heavy (non-hydrogen) atoms. The van der Waals surface area contributed by atoms with Crippen molar-refractivity contribution in [1.82, 2.24) is 9.80 Å². The van der Waals surface area contributed by atoms with E-state index < -0.39 is 12.6 Å². The molecule has 2 aliphatic rings. The average Bonchev–Trinajstić information content (AvgIpc) is 2.59. The van der Waals surface area contributed by atoms with Gasteiger partial charge in [0, 0.05) is 38.6 Å². The molecule has 0 bridgehead atoms. The number of alkyl halides is 3. The standard InChI is InChI=1S/C19H25F3N2O/c20-19(21,22)10-13-23-11-9-17-16(14-23)6-7-18(25)24(17)12-8-15-4-2-1-3-5-15/h1-5,16-17H,6-14H2/t16-,17+/m0/s1. The molecule has 1 aromatic rings. The summed E-state index contributed by atoms with van der Waals surface area (Å²) in [6.45, 7) is 2.10. The van der Waals surface area contributed by atoms with Crippen molar-refractivity contribution in [2.45, 2.75) is 44.3 Å². The number of piperidine rings is 2. The van der Waals surface area contributed by atoms with Gasteiger partial charge in [0.2, 0.25) is 5.91 Å². The largest absolute Gasteiger partial charge is 0.390 e. The molecule has 0 N–H and O–H groups in total. The van der Waals surface area contributed by atoms with Crippen LogP contribution in [-0.2, 0) is 11.2 Å². The van der Waals surface area contributed by atoms with Gasteiger partial charge in [-0.3, -0.25) is 4.79 Å². The summed E-state index contributed by atoms with van der Waals surface area (Å²) in [6, 6.07) is 10.3. The van der Waals surface area contributed by atoms with Crippen LogP contribution < -0.4 is 0 Å². The molecule has 0 unspecified atom stereocenters. The molecule has 1 amide bonds. The fraction of sp³-hybridized carbons (Fsp3) is 0.632. The molecule has 138 valence electrons. The molecule has 0 aromatic heterocycles. The van der Waals surface area contributed by atoms with Crippen molar-refractivity contribution in [2.24, 2.45) is 5.92 Å². The number of hydrogen-bond acceptors (Lipinski definition) is 2. The fourth-order valence-electron chi connectivity index (χ4n) is 4.10. The Hall–Kier alpha value is -1.56. The van der Waals surface area contributed by atoms with Crippen molar-refractivity contribution in [3.05, 3.63) is 35.9 Å². The zero-order chi connectivity index (χ0) is 17.9. The summed E-state index contributed by atoms with van der Waals surface area (Å²) >= 11 is 0. The lowest BCUT2D eigenvalue weighted by Gasteiger charge is -2.47. The van der Waals surface area contributed by atoms with Crippen LogP contribution in [0.25, 0.3) is 0 Å². The summed E-state index contributed by atoms with van der Waals surface area (Å²) in [5, 5.41) is 0. The lowest BCUT2D eigenvalue weighted by atomic mass is 9.83. The molecule has 2 saturated heterocycles. The minimum atomic E-state index is -4.10. The van der Waals surface area contributed by atoms with Gasteiger partial charge in [-0.05, 0) is 30.7 Å². The van der Waals surface area contributed by atoms with Gasteiger partial charge in [-0.15, -0.1) is 0 Å². The SMILES string of the molecule is O=C1CC[C@H]2CN(CCC(F)(F)F)CC[C@H]2N1CCc1ccccc1. The lowest BCUT2D eigenvalue weighted by molar-refractivity contribution is -0.144. The van der Waals surface area contributed by atoms with E-state index in [2.05, 4.69) is 12.1 Å². The number of likely N-dealkylation sites (tertiary alicyclic amines) is 2.